The van der Waals surface area contributed by atoms with E-state index in [4.69, 9.17) is 24.3 Å². The van der Waals surface area contributed by atoms with Gasteiger partial charge in [0.2, 0.25) is 11.5 Å². The summed E-state index contributed by atoms with van der Waals surface area (Å²) < 4.78 is 35.8. The molecule has 1 aliphatic heterocycles. The topological polar surface area (TPSA) is 245 Å². The van der Waals surface area contributed by atoms with Crippen LogP contribution < -0.4 is 20.9 Å². The van der Waals surface area contributed by atoms with Crippen molar-refractivity contribution in [3.05, 3.63) is 52.4 Å². The molecule has 0 aliphatic carbocycles. The molecule has 4 rings (SSSR count). The molecule has 2 unspecified atom stereocenters. The lowest BCUT2D eigenvalue weighted by Gasteiger charge is -2.26. The molecule has 2 aromatic heterocycles. The van der Waals surface area contributed by atoms with Crippen LogP contribution in [-0.2, 0) is 29.0 Å². The van der Waals surface area contributed by atoms with E-state index in [1.54, 1.807) is 32.0 Å². The lowest BCUT2D eigenvalue weighted by atomic mass is 9.88. The van der Waals surface area contributed by atoms with Gasteiger partial charge in [0.25, 0.3) is 5.56 Å². The summed E-state index contributed by atoms with van der Waals surface area (Å²) in [5.41, 5.74) is 1.93. The van der Waals surface area contributed by atoms with Crippen molar-refractivity contribution in [3.63, 3.8) is 0 Å². The minimum absolute atomic E-state index is 0.135. The molecule has 0 amide bonds. The molecule has 3 aromatic rings. The van der Waals surface area contributed by atoms with Gasteiger partial charge in [-0.2, -0.15) is 15.4 Å². The number of esters is 1. The van der Waals surface area contributed by atoms with Gasteiger partial charge in [0.1, 0.15) is 41.7 Å². The smallest absolute Gasteiger partial charge is 0.459 e. The van der Waals surface area contributed by atoms with Crippen LogP contribution in [0.4, 0.5) is 5.95 Å². The zero-order valence-electron chi connectivity index (χ0n) is 22.1. The van der Waals surface area contributed by atoms with E-state index in [-0.39, 0.29) is 28.3 Å². The van der Waals surface area contributed by atoms with Crippen molar-refractivity contribution in [2.24, 2.45) is 0 Å². The lowest BCUT2D eigenvalue weighted by molar-refractivity contribution is -0.149. The van der Waals surface area contributed by atoms with Crippen LogP contribution in [0.3, 0.4) is 0 Å². The zero-order chi connectivity index (χ0) is 29.9. The Morgan fingerprint density at radius 1 is 1.29 bits per heavy atom. The van der Waals surface area contributed by atoms with Crippen molar-refractivity contribution >= 4 is 30.7 Å². The number of nitrogens with one attached hydrogen (secondary N) is 2. The number of aliphatic hydroxyl groups excluding tert-OH is 2. The fourth-order valence-electron chi connectivity index (χ4n) is 4.08. The fraction of sp³-hybridized carbons (Fsp3) is 0.417. The summed E-state index contributed by atoms with van der Waals surface area (Å²) in [6, 6.07) is 8.62. The molecular weight excluding hydrogens is 561 g/mol. The first-order valence-electron chi connectivity index (χ1n) is 12.3. The number of anilines is 1. The highest BCUT2D eigenvalue weighted by atomic mass is 31.2. The molecule has 6 atom stereocenters. The van der Waals surface area contributed by atoms with Gasteiger partial charge >= 0.3 is 13.7 Å². The summed E-state index contributed by atoms with van der Waals surface area (Å²) >= 11 is 0. The SMILES string of the molecule is CC(C)OC(=O)C(C)NP(=O)(OC[C@H]1O[C@@](C#N)(c2cnnc3c(=O)[nH]c(N)nc23)[C@H](O)[C@@H]1O)Oc1ccccc1. The number of nitrogen functional groups attached to an aromatic ring is 1. The van der Waals surface area contributed by atoms with Gasteiger partial charge in [-0.3, -0.25) is 19.1 Å². The van der Waals surface area contributed by atoms with Crippen LogP contribution in [0.2, 0.25) is 0 Å². The Labute approximate surface area is 233 Å². The van der Waals surface area contributed by atoms with Crippen LogP contribution in [0.15, 0.2) is 41.3 Å². The van der Waals surface area contributed by atoms with Crippen molar-refractivity contribution in [2.75, 3.05) is 12.3 Å². The Morgan fingerprint density at radius 3 is 2.66 bits per heavy atom. The number of nitrogens with zero attached hydrogens (tertiary/aromatic N) is 4. The molecule has 6 N–H and O–H groups in total. The molecule has 0 radical (unpaired) electrons. The first-order valence-corrected chi connectivity index (χ1v) is 13.9. The van der Waals surface area contributed by atoms with E-state index in [1.807, 2.05) is 6.07 Å². The summed E-state index contributed by atoms with van der Waals surface area (Å²) in [4.78, 5) is 30.9. The van der Waals surface area contributed by atoms with Crippen LogP contribution >= 0.6 is 7.75 Å². The molecule has 41 heavy (non-hydrogen) atoms. The number of hydrogen-bond donors (Lipinski definition) is 5. The van der Waals surface area contributed by atoms with Crippen LogP contribution in [0.5, 0.6) is 5.75 Å². The Kier molecular flexibility index (Phi) is 8.69. The molecule has 1 aromatic carbocycles. The maximum absolute atomic E-state index is 13.8. The van der Waals surface area contributed by atoms with E-state index >= 15 is 0 Å². The third-order valence-corrected chi connectivity index (χ3v) is 7.62. The molecule has 218 valence electrons. The van der Waals surface area contributed by atoms with Crippen molar-refractivity contribution in [3.8, 4) is 11.8 Å². The summed E-state index contributed by atoms with van der Waals surface area (Å²) in [5, 5.41) is 41.8. The van der Waals surface area contributed by atoms with E-state index in [2.05, 4.69) is 25.3 Å². The third kappa shape index (κ3) is 6.20. The fourth-order valence-corrected chi connectivity index (χ4v) is 5.58. The Bertz CT molecular complexity index is 1560. The molecule has 16 nitrogen and oxygen atoms in total. The average Bonchev–Trinajstić information content (AvgIpc) is 3.17. The number of fused-ring (bicyclic) bond motifs is 1. The number of aliphatic hydroxyl groups is 2. The van der Waals surface area contributed by atoms with Gasteiger partial charge in [0, 0.05) is 5.56 Å². The van der Waals surface area contributed by atoms with E-state index in [1.165, 1.54) is 19.1 Å². The lowest BCUT2D eigenvalue weighted by Crippen LogP contribution is -2.40. The predicted molar refractivity (Wildman–Crippen MR) is 141 cm³/mol. The Morgan fingerprint density at radius 2 is 2.00 bits per heavy atom. The molecule has 1 fully saturated rings. The Balaban J connectivity index is 1.62. The van der Waals surface area contributed by atoms with Crippen LogP contribution in [-0.4, -0.2) is 73.4 Å². The first kappa shape index (κ1) is 30.0. The van der Waals surface area contributed by atoms with Gasteiger partial charge in [-0.1, -0.05) is 18.2 Å². The summed E-state index contributed by atoms with van der Waals surface area (Å²) in [7, 11) is -4.37. The highest BCUT2D eigenvalue weighted by Crippen LogP contribution is 2.47. The van der Waals surface area contributed by atoms with Crippen molar-refractivity contribution in [1.29, 1.82) is 5.26 Å². The van der Waals surface area contributed by atoms with Gasteiger partial charge in [0.15, 0.2) is 5.52 Å². The molecule has 1 saturated heterocycles. The average molecular weight is 590 g/mol. The van der Waals surface area contributed by atoms with Crippen LogP contribution in [0, 0.1) is 11.3 Å². The van der Waals surface area contributed by atoms with Crippen molar-refractivity contribution < 1.29 is 38.1 Å². The highest BCUT2D eigenvalue weighted by molar-refractivity contribution is 7.52. The largest absolute Gasteiger partial charge is 0.462 e. The molecule has 0 saturated carbocycles. The summed E-state index contributed by atoms with van der Waals surface area (Å²) in [6.45, 7) is 4.00. The monoisotopic (exact) mass is 589 g/mol. The highest BCUT2D eigenvalue weighted by Gasteiger charge is 2.57. The van der Waals surface area contributed by atoms with Gasteiger partial charge in [0.05, 0.1) is 18.9 Å². The minimum Gasteiger partial charge on any atom is -0.462 e. The Hall–Kier alpha value is -3.97. The van der Waals surface area contributed by atoms with E-state index in [0.717, 1.165) is 6.20 Å². The van der Waals surface area contributed by atoms with Gasteiger partial charge < -0.3 is 29.9 Å². The number of nitriles is 1. The molecule has 17 heteroatoms. The molecule has 0 spiro atoms. The number of aromatic amines is 1. The summed E-state index contributed by atoms with van der Waals surface area (Å²) in [5.74, 6) is -0.890. The second-order valence-corrected chi connectivity index (χ2v) is 11.1. The number of aromatic nitrogens is 4. The first-order chi connectivity index (χ1) is 19.4. The second-order valence-electron chi connectivity index (χ2n) is 9.38. The molecule has 3 heterocycles. The number of carbonyl (C=O) groups excluding carboxylic acids is 1. The number of hydrogen-bond acceptors (Lipinski definition) is 14. The van der Waals surface area contributed by atoms with Crippen molar-refractivity contribution in [2.45, 2.75) is 56.8 Å². The zero-order valence-corrected chi connectivity index (χ0v) is 23.0. The number of carbonyl (C=O) groups is 1. The predicted octanol–water partition coefficient (Wildman–Crippen LogP) is 0.268. The minimum atomic E-state index is -4.37. The maximum Gasteiger partial charge on any atom is 0.459 e. The number of rotatable bonds is 10. The number of ether oxygens (including phenoxy) is 2. The summed E-state index contributed by atoms with van der Waals surface area (Å²) in [6.07, 6.45) is -4.52. The van der Waals surface area contributed by atoms with E-state index in [0.29, 0.717) is 0 Å². The maximum atomic E-state index is 13.8. The van der Waals surface area contributed by atoms with Gasteiger partial charge in [-0.15, -0.1) is 5.10 Å². The number of H-pyrrole nitrogens is 1. The normalized spacial score (nSPS) is 24.5. The molecule has 1 aliphatic rings. The third-order valence-electron chi connectivity index (χ3n) is 5.97. The van der Waals surface area contributed by atoms with E-state index in [9.17, 15) is 29.6 Å². The van der Waals surface area contributed by atoms with Gasteiger partial charge in [-0.05, 0) is 32.9 Å². The quantitative estimate of drug-likeness (QED) is 0.157. The van der Waals surface area contributed by atoms with Crippen LogP contribution in [0.1, 0.15) is 26.3 Å². The second kappa shape index (κ2) is 11.9. The standard InChI is InChI=1S/C24H28N7O9P/c1-12(2)38-22(35)13(3)31-41(36,40-14-7-5-4-6-8-14)37-10-16-19(32)20(33)24(11-25,39-16)15-9-27-30-18-17(15)28-23(26)29-21(18)34/h4-9,12-13,16,19-20,32-33H,10H2,1-3H3,(H,31,36)(H3,26,28,29,34)/t13?,16-,19-,20-,24+,41?/m1/s1. The molecular formula is C24H28N7O9P. The number of nitrogens with two attached hydrogens (primary N) is 1. The van der Waals surface area contributed by atoms with Gasteiger partial charge in [-0.25, -0.2) is 9.55 Å². The van der Waals surface area contributed by atoms with Crippen molar-refractivity contribution in [1.82, 2.24) is 25.3 Å². The number of benzene rings is 1. The van der Waals surface area contributed by atoms with Crippen LogP contribution in [0.25, 0.3) is 11.0 Å². The number of para-hydroxylation sites is 1. The van der Waals surface area contributed by atoms with E-state index < -0.39 is 61.9 Å². The molecule has 0 bridgehead atoms.